The average Bonchev–Trinajstić information content (AvgIpc) is 2.89. The Labute approximate surface area is 132 Å². The molecule has 0 radical (unpaired) electrons. The number of carbonyl (C=O) groups is 1. The summed E-state index contributed by atoms with van der Waals surface area (Å²) in [5.41, 5.74) is 0.901. The molecule has 0 spiro atoms. The number of hydrogen-bond acceptors (Lipinski definition) is 3. The van der Waals surface area contributed by atoms with Gasteiger partial charge in [0.15, 0.2) is 0 Å². The third-order valence-electron chi connectivity index (χ3n) is 3.03. The molecule has 2 rings (SSSR count). The number of halogens is 1. The summed E-state index contributed by atoms with van der Waals surface area (Å²) in [5, 5.41) is 10.3. The van der Waals surface area contributed by atoms with E-state index in [0.29, 0.717) is 5.82 Å². The molecule has 1 aromatic heterocycles. The summed E-state index contributed by atoms with van der Waals surface area (Å²) < 4.78 is 2.79. The lowest BCUT2D eigenvalue weighted by Crippen LogP contribution is -2.32. The van der Waals surface area contributed by atoms with Crippen LogP contribution in [0, 0.1) is 0 Å². The van der Waals surface area contributed by atoms with E-state index in [2.05, 4.69) is 31.7 Å². The number of amides is 1. The van der Waals surface area contributed by atoms with Crippen LogP contribution in [0.2, 0.25) is 0 Å². The van der Waals surface area contributed by atoms with Crippen molar-refractivity contribution < 1.29 is 4.79 Å². The highest BCUT2D eigenvalue weighted by Gasteiger charge is 2.15. The second kappa shape index (κ2) is 6.76. The van der Waals surface area contributed by atoms with Gasteiger partial charge in [0.2, 0.25) is 5.91 Å². The van der Waals surface area contributed by atoms with E-state index in [1.165, 1.54) is 0 Å². The van der Waals surface area contributed by atoms with Crippen LogP contribution in [0.1, 0.15) is 26.8 Å². The highest BCUT2D eigenvalue weighted by molar-refractivity contribution is 9.10. The van der Waals surface area contributed by atoms with Gasteiger partial charge in [0.1, 0.15) is 11.9 Å². The van der Waals surface area contributed by atoms with E-state index in [0.717, 1.165) is 10.2 Å². The van der Waals surface area contributed by atoms with Crippen LogP contribution >= 0.6 is 15.9 Å². The minimum atomic E-state index is -0.346. The number of carbonyl (C=O) groups excluding carboxylic acids is 1. The molecule has 0 aliphatic carbocycles. The monoisotopic (exact) mass is 350 g/mol. The lowest BCUT2D eigenvalue weighted by molar-refractivity contribution is -0.116. The zero-order chi connectivity index (χ0) is 15.4. The van der Waals surface area contributed by atoms with Gasteiger partial charge in [-0.3, -0.25) is 4.79 Å². The van der Waals surface area contributed by atoms with Gasteiger partial charge >= 0.3 is 0 Å². The third-order valence-corrected chi connectivity index (χ3v) is 3.56. The molecule has 0 unspecified atom stereocenters. The Balaban J connectivity index is 1.99. The fraction of sp³-hybridized carbons (Fsp3) is 0.333. The minimum Gasteiger partial charge on any atom is -0.374 e. The van der Waals surface area contributed by atoms with Crippen molar-refractivity contribution in [3.8, 4) is 0 Å². The third kappa shape index (κ3) is 4.07. The van der Waals surface area contributed by atoms with Crippen LogP contribution in [-0.2, 0) is 4.79 Å². The predicted molar refractivity (Wildman–Crippen MR) is 88.5 cm³/mol. The van der Waals surface area contributed by atoms with Crippen molar-refractivity contribution in [1.82, 2.24) is 9.78 Å². The van der Waals surface area contributed by atoms with E-state index >= 15 is 0 Å². The molecule has 1 heterocycles. The largest absolute Gasteiger partial charge is 0.374 e. The maximum absolute atomic E-state index is 12.2. The summed E-state index contributed by atoms with van der Waals surface area (Å²) in [6, 6.07) is 9.36. The molecular weight excluding hydrogens is 332 g/mol. The van der Waals surface area contributed by atoms with E-state index in [1.807, 2.05) is 45.0 Å². The summed E-state index contributed by atoms with van der Waals surface area (Å²) in [6.45, 7) is 5.87. The van der Waals surface area contributed by atoms with Gasteiger partial charge in [0.05, 0.1) is 6.20 Å². The first kappa shape index (κ1) is 15.6. The Morgan fingerprint density at radius 3 is 2.48 bits per heavy atom. The molecule has 5 nitrogen and oxygen atoms in total. The first-order chi connectivity index (χ1) is 9.97. The predicted octanol–water partition coefficient (Wildman–Crippen LogP) is 3.67. The fourth-order valence-electron chi connectivity index (χ4n) is 1.92. The van der Waals surface area contributed by atoms with Crippen molar-refractivity contribution in [3.05, 3.63) is 41.0 Å². The lowest BCUT2D eigenvalue weighted by Gasteiger charge is -2.17. The molecule has 0 saturated heterocycles. The van der Waals surface area contributed by atoms with Gasteiger partial charge in [-0.05, 0) is 45.0 Å². The zero-order valence-corrected chi connectivity index (χ0v) is 13.9. The molecular formula is C15H19BrN4O. The molecule has 1 aromatic carbocycles. The quantitative estimate of drug-likeness (QED) is 0.864. The molecule has 0 bridgehead atoms. The maximum Gasteiger partial charge on any atom is 0.247 e. The van der Waals surface area contributed by atoms with Gasteiger partial charge in [0.25, 0.3) is 0 Å². The van der Waals surface area contributed by atoms with Crippen LogP contribution in [0.25, 0.3) is 0 Å². The molecule has 6 heteroatoms. The van der Waals surface area contributed by atoms with Crippen LogP contribution in [0.5, 0.6) is 0 Å². The smallest absolute Gasteiger partial charge is 0.247 e. The number of aromatic nitrogens is 2. The topological polar surface area (TPSA) is 59.0 Å². The van der Waals surface area contributed by atoms with Crippen molar-refractivity contribution in [3.63, 3.8) is 0 Å². The molecule has 1 amide bonds. The first-order valence-electron chi connectivity index (χ1n) is 6.84. The molecule has 1 atom stereocenters. The summed E-state index contributed by atoms with van der Waals surface area (Å²) >= 11 is 3.39. The molecule has 2 aromatic rings. The zero-order valence-electron chi connectivity index (χ0n) is 12.3. The van der Waals surface area contributed by atoms with Crippen LogP contribution in [-0.4, -0.2) is 21.7 Å². The second-order valence-electron chi connectivity index (χ2n) is 5.12. The summed E-state index contributed by atoms with van der Waals surface area (Å²) in [5.74, 6) is 0.611. The van der Waals surface area contributed by atoms with Gasteiger partial charge in [-0.15, -0.1) is 0 Å². The van der Waals surface area contributed by atoms with E-state index in [9.17, 15) is 4.79 Å². The number of rotatable bonds is 5. The Hall–Kier alpha value is -1.82. The van der Waals surface area contributed by atoms with Gasteiger partial charge in [-0.1, -0.05) is 15.9 Å². The SMILES string of the molecule is CC(C)n1nccc1NC(=O)[C@@H](C)Nc1ccc(Br)cc1. The van der Waals surface area contributed by atoms with Gasteiger partial charge < -0.3 is 10.6 Å². The molecule has 0 fully saturated rings. The number of nitrogens with zero attached hydrogens (tertiary/aromatic N) is 2. The minimum absolute atomic E-state index is 0.0969. The van der Waals surface area contributed by atoms with Crippen LogP contribution < -0.4 is 10.6 Å². The van der Waals surface area contributed by atoms with Gasteiger partial charge in [-0.2, -0.15) is 5.10 Å². The van der Waals surface area contributed by atoms with Gasteiger partial charge in [-0.25, -0.2) is 4.68 Å². The fourth-order valence-corrected chi connectivity index (χ4v) is 2.19. The van der Waals surface area contributed by atoms with Crippen LogP contribution in [0.3, 0.4) is 0 Å². The highest BCUT2D eigenvalue weighted by Crippen LogP contribution is 2.16. The number of benzene rings is 1. The molecule has 0 aliphatic rings. The molecule has 2 N–H and O–H groups in total. The van der Waals surface area contributed by atoms with E-state index in [4.69, 9.17) is 0 Å². The second-order valence-corrected chi connectivity index (χ2v) is 6.03. The Bertz CT molecular complexity index is 606. The number of hydrogen-bond donors (Lipinski definition) is 2. The van der Waals surface area contributed by atoms with E-state index in [-0.39, 0.29) is 18.0 Å². The van der Waals surface area contributed by atoms with Crippen LogP contribution in [0.15, 0.2) is 41.0 Å². The lowest BCUT2D eigenvalue weighted by atomic mass is 10.2. The molecule has 21 heavy (non-hydrogen) atoms. The van der Waals surface area contributed by atoms with Crippen molar-refractivity contribution >= 4 is 33.3 Å². The Kier molecular flexibility index (Phi) is 5.01. The summed E-state index contributed by atoms with van der Waals surface area (Å²) in [4.78, 5) is 12.2. The van der Waals surface area contributed by atoms with Gasteiger partial charge in [0, 0.05) is 22.3 Å². The summed E-state index contributed by atoms with van der Waals surface area (Å²) in [6.07, 6.45) is 1.68. The number of nitrogens with one attached hydrogen (secondary N) is 2. The first-order valence-corrected chi connectivity index (χ1v) is 7.63. The maximum atomic E-state index is 12.2. The van der Waals surface area contributed by atoms with Crippen LogP contribution in [0.4, 0.5) is 11.5 Å². The Morgan fingerprint density at radius 1 is 1.19 bits per heavy atom. The number of anilines is 2. The van der Waals surface area contributed by atoms with E-state index in [1.54, 1.807) is 16.9 Å². The molecule has 112 valence electrons. The van der Waals surface area contributed by atoms with Crippen molar-refractivity contribution in [2.24, 2.45) is 0 Å². The molecule has 0 saturated carbocycles. The van der Waals surface area contributed by atoms with Crippen molar-refractivity contribution in [2.75, 3.05) is 10.6 Å². The molecule has 0 aliphatic heterocycles. The van der Waals surface area contributed by atoms with Crippen molar-refractivity contribution in [1.29, 1.82) is 0 Å². The van der Waals surface area contributed by atoms with Crippen molar-refractivity contribution in [2.45, 2.75) is 32.9 Å². The van der Waals surface area contributed by atoms with E-state index < -0.39 is 0 Å². The average molecular weight is 351 g/mol. The highest BCUT2D eigenvalue weighted by atomic mass is 79.9. The standard InChI is InChI=1S/C15H19BrN4O/c1-10(2)20-14(8-9-17-20)19-15(21)11(3)18-13-6-4-12(16)5-7-13/h4-11,18H,1-3H3,(H,19,21)/t11-/m1/s1. The normalized spacial score (nSPS) is 12.2. The summed E-state index contributed by atoms with van der Waals surface area (Å²) in [7, 11) is 0. The Morgan fingerprint density at radius 2 is 1.86 bits per heavy atom.